The molecule has 242 valence electrons. The Hall–Kier alpha value is -3.13. The molecule has 1 aliphatic heterocycles. The van der Waals surface area contributed by atoms with Crippen LogP contribution in [0.15, 0.2) is 64.1 Å². The summed E-state index contributed by atoms with van der Waals surface area (Å²) in [7, 11) is -4.05. The van der Waals surface area contributed by atoms with Gasteiger partial charge in [-0.05, 0) is 36.0 Å². The number of fused-ring (bicyclic) bond motifs is 2. The average Bonchev–Trinajstić information content (AvgIpc) is 3.61. The monoisotopic (exact) mass is 704 g/mol. The predicted molar refractivity (Wildman–Crippen MR) is 173 cm³/mol. The van der Waals surface area contributed by atoms with Crippen LogP contribution in [-0.2, 0) is 19.6 Å². The molecule has 0 radical (unpaired) electrons. The molecular formula is C32H38BrFN4O6S. The second kappa shape index (κ2) is 12.9. The molecule has 3 aliphatic rings. The van der Waals surface area contributed by atoms with Crippen molar-refractivity contribution in [2.24, 2.45) is 27.5 Å². The first-order chi connectivity index (χ1) is 21.2. The van der Waals surface area contributed by atoms with Gasteiger partial charge < -0.3 is 19.9 Å². The van der Waals surface area contributed by atoms with E-state index < -0.39 is 20.9 Å². The fourth-order valence-corrected chi connectivity index (χ4v) is 9.44. The van der Waals surface area contributed by atoms with Crippen molar-refractivity contribution < 1.29 is 31.4 Å². The molecule has 2 heterocycles. The maximum absolute atomic E-state index is 14.7. The Bertz CT molecular complexity index is 1680. The normalized spacial score (nSPS) is 27.3. The number of nitrogens with zero attached hydrogens (tertiary/aromatic N) is 3. The van der Waals surface area contributed by atoms with Crippen LogP contribution in [-0.4, -0.2) is 71.7 Å². The quantitative estimate of drug-likeness (QED) is 0.146. The van der Waals surface area contributed by atoms with E-state index in [0.29, 0.717) is 55.8 Å². The Morgan fingerprint density at radius 3 is 2.49 bits per heavy atom. The minimum absolute atomic E-state index is 0.00641. The maximum Gasteiger partial charge on any atom is 0.265 e. The van der Waals surface area contributed by atoms with Gasteiger partial charge in [-0.25, -0.2) is 4.39 Å². The molecule has 4 unspecified atom stereocenters. The number of hydrogen-bond acceptors (Lipinski definition) is 7. The summed E-state index contributed by atoms with van der Waals surface area (Å²) in [4.78, 5) is 18.1. The van der Waals surface area contributed by atoms with Gasteiger partial charge >= 0.3 is 0 Å². The molecule has 3 N–H and O–H groups in total. The number of alkyl halides is 1. The fourth-order valence-electron chi connectivity index (χ4n) is 6.80. The van der Waals surface area contributed by atoms with Crippen molar-refractivity contribution >= 4 is 43.7 Å². The molecule has 0 amide bonds. The Morgan fingerprint density at radius 1 is 1.20 bits per heavy atom. The number of benzene rings is 2. The first-order valence-electron chi connectivity index (χ1n) is 14.9. The summed E-state index contributed by atoms with van der Waals surface area (Å²) < 4.78 is 56.6. The maximum atomic E-state index is 14.7. The second-order valence-corrected chi connectivity index (χ2v) is 14.8. The number of ketones is 1. The molecule has 10 nitrogen and oxygen atoms in total. The standard InChI is InChI=1S/C22H23FN4O2.C10H15BrO4S/c1-15(17-7-8-18(19(23)13-17)16-5-3-2-4-6-16)20-14-21(29-26-20)25-22(24)27-9-11-28-12-10-27;1-9-4-3-6(7(11)8(9)12)10(9,2)5-16(13,14)15/h2-8,13-15H,9-12H2,1H3,(H2,24,25);6-7H,3-5H2,1-2H3,(H,13,14,15)/t15-;/m1./s1. The van der Waals surface area contributed by atoms with Crippen LogP contribution in [0.4, 0.5) is 10.3 Å². The van der Waals surface area contributed by atoms with Crippen LogP contribution in [0.5, 0.6) is 0 Å². The second-order valence-electron chi connectivity index (χ2n) is 12.4. The van der Waals surface area contributed by atoms with Crippen LogP contribution >= 0.6 is 15.9 Å². The number of Topliss-reactive ketones (excluding diaryl/α,β-unsaturated/α-hetero) is 1. The summed E-state index contributed by atoms with van der Waals surface area (Å²) in [6, 6.07) is 16.5. The number of aromatic nitrogens is 1. The van der Waals surface area contributed by atoms with Gasteiger partial charge in [-0.15, -0.1) is 0 Å². The highest BCUT2D eigenvalue weighted by atomic mass is 79.9. The molecule has 2 aromatic carbocycles. The Labute approximate surface area is 271 Å². The van der Waals surface area contributed by atoms with Crippen LogP contribution in [0.25, 0.3) is 11.1 Å². The zero-order valence-electron chi connectivity index (χ0n) is 25.4. The molecule has 1 saturated heterocycles. The zero-order valence-corrected chi connectivity index (χ0v) is 27.9. The van der Waals surface area contributed by atoms with Gasteiger partial charge in [-0.2, -0.15) is 13.4 Å². The lowest BCUT2D eigenvalue weighted by atomic mass is 9.70. The van der Waals surface area contributed by atoms with E-state index >= 15 is 0 Å². The van der Waals surface area contributed by atoms with Gasteiger partial charge in [-0.1, -0.05) is 84.3 Å². The number of ether oxygens (including phenoxy) is 1. The third-order valence-corrected chi connectivity index (χ3v) is 11.8. The SMILES string of the molecule is CC12CCC(C(Br)C1=O)C2(C)CS(=O)(=O)O.C[C@H](c1ccc(-c2ccccc2)c(F)c1)c1cc(N=C(N)N2CCOCC2)on1. The molecule has 3 aromatic rings. The number of morpholine rings is 1. The molecule has 0 spiro atoms. The molecule has 5 atom stereocenters. The van der Waals surface area contributed by atoms with E-state index in [0.717, 1.165) is 17.5 Å². The van der Waals surface area contributed by atoms with E-state index in [1.54, 1.807) is 25.1 Å². The predicted octanol–water partition coefficient (Wildman–Crippen LogP) is 5.55. The molecule has 2 aliphatic carbocycles. The summed E-state index contributed by atoms with van der Waals surface area (Å²) in [6.45, 7) is 8.21. The summed E-state index contributed by atoms with van der Waals surface area (Å²) >= 11 is 3.35. The minimum atomic E-state index is -4.05. The van der Waals surface area contributed by atoms with Gasteiger partial charge in [0.15, 0.2) is 11.7 Å². The molecule has 2 bridgehead atoms. The van der Waals surface area contributed by atoms with E-state index in [1.807, 2.05) is 55.1 Å². The Balaban J connectivity index is 0.000000211. The number of nitrogens with two attached hydrogens (primary N) is 1. The van der Waals surface area contributed by atoms with E-state index in [1.165, 1.54) is 0 Å². The molecule has 6 rings (SSSR count). The van der Waals surface area contributed by atoms with E-state index in [4.69, 9.17) is 19.5 Å². The zero-order chi connectivity index (χ0) is 32.6. The number of aliphatic imine (C=N–C) groups is 1. The van der Waals surface area contributed by atoms with Crippen molar-refractivity contribution in [3.63, 3.8) is 0 Å². The topological polar surface area (TPSA) is 148 Å². The third kappa shape index (κ3) is 6.72. The molecule has 13 heteroatoms. The first-order valence-corrected chi connectivity index (χ1v) is 17.4. The Kier molecular flexibility index (Phi) is 9.55. The molecule has 1 aromatic heterocycles. The fraction of sp³-hybridized carbons (Fsp3) is 0.469. The van der Waals surface area contributed by atoms with Crippen molar-refractivity contribution in [1.82, 2.24) is 10.1 Å². The van der Waals surface area contributed by atoms with Gasteiger partial charge in [-0.3, -0.25) is 9.35 Å². The molecule has 3 fully saturated rings. The van der Waals surface area contributed by atoms with Gasteiger partial charge in [0.25, 0.3) is 16.0 Å². The van der Waals surface area contributed by atoms with Crippen LogP contribution in [0, 0.1) is 22.6 Å². The van der Waals surface area contributed by atoms with Crippen LogP contribution in [0.3, 0.4) is 0 Å². The highest BCUT2D eigenvalue weighted by Crippen LogP contribution is 2.65. The van der Waals surface area contributed by atoms with Crippen molar-refractivity contribution in [2.45, 2.75) is 44.4 Å². The molecule has 2 saturated carbocycles. The van der Waals surface area contributed by atoms with E-state index in [2.05, 4.69) is 26.1 Å². The van der Waals surface area contributed by atoms with E-state index in [-0.39, 0.29) is 34.0 Å². The highest BCUT2D eigenvalue weighted by molar-refractivity contribution is 9.10. The smallest absolute Gasteiger partial charge is 0.265 e. The first kappa shape index (κ1) is 33.2. The summed E-state index contributed by atoms with van der Waals surface area (Å²) in [6.07, 6.45) is 1.55. The van der Waals surface area contributed by atoms with Crippen molar-refractivity contribution in [3.8, 4) is 11.1 Å². The summed E-state index contributed by atoms with van der Waals surface area (Å²) in [5, 5.41) is 4.10. The van der Waals surface area contributed by atoms with Gasteiger partial charge in [0.2, 0.25) is 0 Å². The largest absolute Gasteiger partial charge is 0.378 e. The van der Waals surface area contributed by atoms with Crippen LogP contribution < -0.4 is 5.73 Å². The number of guanidine groups is 1. The summed E-state index contributed by atoms with van der Waals surface area (Å²) in [5.74, 6) is 0.0566. The lowest BCUT2D eigenvalue weighted by Crippen LogP contribution is -2.44. The number of rotatable bonds is 6. The van der Waals surface area contributed by atoms with Crippen LogP contribution in [0.2, 0.25) is 0 Å². The number of carbonyl (C=O) groups excluding carboxylic acids is 1. The van der Waals surface area contributed by atoms with Crippen LogP contribution in [0.1, 0.15) is 50.8 Å². The van der Waals surface area contributed by atoms with Gasteiger partial charge in [0, 0.05) is 41.5 Å². The molecule has 45 heavy (non-hydrogen) atoms. The highest BCUT2D eigenvalue weighted by Gasteiger charge is 2.68. The number of halogens is 2. The number of carbonyl (C=O) groups is 1. The lowest BCUT2D eigenvalue weighted by molar-refractivity contribution is -0.127. The summed E-state index contributed by atoms with van der Waals surface area (Å²) in [5.41, 5.74) is 7.69. The minimum Gasteiger partial charge on any atom is -0.378 e. The van der Waals surface area contributed by atoms with Gasteiger partial charge in [0.1, 0.15) is 5.82 Å². The Morgan fingerprint density at radius 2 is 1.89 bits per heavy atom. The number of hydrogen-bond donors (Lipinski definition) is 2. The van der Waals surface area contributed by atoms with Crippen molar-refractivity contribution in [3.05, 3.63) is 71.7 Å². The van der Waals surface area contributed by atoms with E-state index in [9.17, 15) is 17.6 Å². The van der Waals surface area contributed by atoms with Gasteiger partial charge in [0.05, 0.1) is 29.5 Å². The third-order valence-electron chi connectivity index (χ3n) is 9.76. The lowest BCUT2D eigenvalue weighted by Gasteiger charge is -2.35. The van der Waals surface area contributed by atoms with Crippen molar-refractivity contribution in [1.29, 1.82) is 0 Å². The average molecular weight is 706 g/mol. The molecular weight excluding hydrogens is 667 g/mol. The van der Waals surface area contributed by atoms with Crippen molar-refractivity contribution in [2.75, 3.05) is 32.1 Å².